The number of aliphatic imine (C=N–C) groups is 1. The molecule has 3 aromatic rings. The van der Waals surface area contributed by atoms with Crippen molar-refractivity contribution in [3.63, 3.8) is 0 Å². The fraction of sp³-hybridized carbons (Fsp3) is 0.280. The van der Waals surface area contributed by atoms with Crippen molar-refractivity contribution < 1.29 is 19.5 Å². The molecule has 0 atom stereocenters. The maximum atomic E-state index is 12.9. The molecule has 0 saturated heterocycles. The highest BCUT2D eigenvalue weighted by Crippen LogP contribution is 2.33. The number of aliphatic hydroxyl groups is 2. The summed E-state index contributed by atoms with van der Waals surface area (Å²) < 4.78 is 5.43. The Morgan fingerprint density at radius 2 is 1.83 bits per heavy atom. The number of hydrogen-bond acceptors (Lipinski definition) is 7. The van der Waals surface area contributed by atoms with Crippen LogP contribution in [0.1, 0.15) is 41.0 Å². The van der Waals surface area contributed by atoms with E-state index in [0.29, 0.717) is 16.8 Å². The number of rotatable bonds is 9. The normalized spacial score (nSPS) is 11.8. The maximum absolute atomic E-state index is 12.9. The Bertz CT molecular complexity index is 1190. The fourth-order valence-corrected chi connectivity index (χ4v) is 3.47. The number of nitrogens with zero attached hydrogens (tertiary/aromatic N) is 3. The van der Waals surface area contributed by atoms with E-state index in [1.54, 1.807) is 24.3 Å². The number of nitrogens with two attached hydrogens (primary N) is 1. The Labute approximate surface area is 203 Å². The van der Waals surface area contributed by atoms with Crippen LogP contribution >= 0.6 is 0 Å². The Kier molecular flexibility index (Phi) is 8.34. The lowest BCUT2D eigenvalue weighted by atomic mass is 9.80. The van der Waals surface area contributed by atoms with Crippen LogP contribution in [0.5, 0.6) is 0 Å². The minimum absolute atomic E-state index is 0.0291. The molecule has 0 aliphatic heterocycles. The minimum Gasteiger partial charge on any atom is -0.395 e. The second-order valence-corrected chi connectivity index (χ2v) is 8.30. The van der Waals surface area contributed by atoms with Gasteiger partial charge in [-0.2, -0.15) is 4.99 Å². The summed E-state index contributed by atoms with van der Waals surface area (Å²) in [5.41, 5.74) is 7.64. The standard InChI is InChI=1S/C25H30N6O4/c1-25(2,19-10-6-9-18(15-19)22(34)17-7-4-3-5-8-17)20-16-21(35-30-20)29-24(28-11-13-32)31(12-14-33)23(26)27/h3-10,15-16,32-33H,11-14H2,1-2H3,(H3,26,27)(H,28,29). The molecule has 3 rings (SSSR count). The van der Waals surface area contributed by atoms with Crippen molar-refractivity contribution in [2.24, 2.45) is 10.7 Å². The third-order valence-electron chi connectivity index (χ3n) is 5.50. The highest BCUT2D eigenvalue weighted by molar-refractivity contribution is 6.09. The summed E-state index contributed by atoms with van der Waals surface area (Å²) in [5, 5.41) is 33.3. The van der Waals surface area contributed by atoms with Crippen molar-refractivity contribution in [2.45, 2.75) is 19.3 Å². The zero-order chi connectivity index (χ0) is 25.4. The van der Waals surface area contributed by atoms with Gasteiger partial charge in [0.1, 0.15) is 0 Å². The van der Waals surface area contributed by atoms with Crippen molar-refractivity contribution >= 4 is 23.6 Å². The van der Waals surface area contributed by atoms with Gasteiger partial charge in [0.05, 0.1) is 25.5 Å². The lowest BCUT2D eigenvalue weighted by Gasteiger charge is -2.23. The predicted octanol–water partition coefficient (Wildman–Crippen LogP) is 1.99. The van der Waals surface area contributed by atoms with E-state index in [0.717, 1.165) is 5.56 Å². The number of carbonyl (C=O) groups excluding carboxylic acids is 1. The molecule has 0 bridgehead atoms. The van der Waals surface area contributed by atoms with Crippen LogP contribution in [0.15, 0.2) is 70.2 Å². The van der Waals surface area contributed by atoms with Gasteiger partial charge in [-0.3, -0.25) is 15.1 Å². The minimum atomic E-state index is -0.617. The van der Waals surface area contributed by atoms with E-state index < -0.39 is 5.41 Å². The van der Waals surface area contributed by atoms with E-state index in [1.165, 1.54) is 4.90 Å². The summed E-state index contributed by atoms with van der Waals surface area (Å²) >= 11 is 0. The average molecular weight is 479 g/mol. The highest BCUT2D eigenvalue weighted by atomic mass is 16.5. The first-order valence-electron chi connectivity index (χ1n) is 11.1. The SMILES string of the molecule is CC(C)(c1cccc(C(=O)c2ccccc2)c1)c1cc(N=C(NCCO)N(CCO)C(=N)N)on1. The molecule has 0 fully saturated rings. The molecule has 10 heteroatoms. The molecule has 184 valence electrons. The Morgan fingerprint density at radius 3 is 2.49 bits per heavy atom. The zero-order valence-corrected chi connectivity index (χ0v) is 19.7. The molecule has 0 unspecified atom stereocenters. The number of aliphatic hydroxyl groups excluding tert-OH is 2. The van der Waals surface area contributed by atoms with Gasteiger partial charge in [0.15, 0.2) is 11.7 Å². The largest absolute Gasteiger partial charge is 0.395 e. The lowest BCUT2D eigenvalue weighted by molar-refractivity contribution is 0.103. The Balaban J connectivity index is 1.91. The van der Waals surface area contributed by atoms with E-state index in [4.69, 9.17) is 15.7 Å². The molecular formula is C25H30N6O4. The molecule has 0 aliphatic rings. The van der Waals surface area contributed by atoms with Gasteiger partial charge in [0.2, 0.25) is 5.96 Å². The molecular weight excluding hydrogens is 448 g/mol. The molecule has 1 heterocycles. The first-order chi connectivity index (χ1) is 16.8. The molecule has 2 aromatic carbocycles. The molecule has 35 heavy (non-hydrogen) atoms. The summed E-state index contributed by atoms with van der Waals surface area (Å²) in [5.74, 6) is -0.115. The molecule has 0 radical (unpaired) electrons. The van der Waals surface area contributed by atoms with Crippen LogP contribution in [-0.2, 0) is 5.41 Å². The summed E-state index contributed by atoms with van der Waals surface area (Å²) in [6.45, 7) is 3.68. The second-order valence-electron chi connectivity index (χ2n) is 8.30. The maximum Gasteiger partial charge on any atom is 0.253 e. The number of hydrogen-bond donors (Lipinski definition) is 5. The first kappa shape index (κ1) is 25.6. The van der Waals surface area contributed by atoms with Crippen LogP contribution in [0.25, 0.3) is 0 Å². The highest BCUT2D eigenvalue weighted by Gasteiger charge is 2.28. The van der Waals surface area contributed by atoms with Gasteiger partial charge in [-0.25, -0.2) is 0 Å². The summed E-state index contributed by atoms with van der Waals surface area (Å²) in [7, 11) is 0. The van der Waals surface area contributed by atoms with Crippen molar-refractivity contribution in [1.82, 2.24) is 15.4 Å². The van der Waals surface area contributed by atoms with Crippen LogP contribution < -0.4 is 11.1 Å². The van der Waals surface area contributed by atoms with Crippen molar-refractivity contribution in [2.75, 3.05) is 26.3 Å². The Hall–Kier alpha value is -4.02. The summed E-state index contributed by atoms with van der Waals surface area (Å²) in [6, 6.07) is 18.1. The smallest absolute Gasteiger partial charge is 0.253 e. The molecule has 0 saturated carbocycles. The Morgan fingerprint density at radius 1 is 1.11 bits per heavy atom. The predicted molar refractivity (Wildman–Crippen MR) is 133 cm³/mol. The molecule has 0 spiro atoms. The van der Waals surface area contributed by atoms with Crippen LogP contribution in [-0.4, -0.2) is 64.3 Å². The van der Waals surface area contributed by atoms with E-state index in [2.05, 4.69) is 15.5 Å². The van der Waals surface area contributed by atoms with Crippen LogP contribution in [0.4, 0.5) is 5.88 Å². The summed E-state index contributed by atoms with van der Waals surface area (Å²) in [4.78, 5) is 18.5. The lowest BCUT2D eigenvalue weighted by Crippen LogP contribution is -2.49. The molecule has 1 aromatic heterocycles. The number of carbonyl (C=O) groups is 1. The third kappa shape index (κ3) is 6.11. The van der Waals surface area contributed by atoms with Gasteiger partial charge in [-0.05, 0) is 11.6 Å². The monoisotopic (exact) mass is 478 g/mol. The number of benzene rings is 2. The molecule has 0 amide bonds. The number of nitrogens with one attached hydrogen (secondary N) is 2. The first-order valence-corrected chi connectivity index (χ1v) is 11.1. The van der Waals surface area contributed by atoms with Gasteiger partial charge in [0.25, 0.3) is 5.88 Å². The third-order valence-corrected chi connectivity index (χ3v) is 5.50. The number of guanidine groups is 2. The van der Waals surface area contributed by atoms with Crippen LogP contribution in [0, 0.1) is 5.41 Å². The number of ketones is 1. The number of aromatic nitrogens is 1. The van der Waals surface area contributed by atoms with Crippen LogP contribution in [0.3, 0.4) is 0 Å². The van der Waals surface area contributed by atoms with E-state index >= 15 is 0 Å². The van der Waals surface area contributed by atoms with Crippen molar-refractivity contribution in [1.29, 1.82) is 5.41 Å². The van der Waals surface area contributed by atoms with E-state index in [-0.39, 0.29) is 49.9 Å². The molecule has 0 aliphatic carbocycles. The zero-order valence-electron chi connectivity index (χ0n) is 19.7. The van der Waals surface area contributed by atoms with Crippen LogP contribution in [0.2, 0.25) is 0 Å². The molecule has 6 N–H and O–H groups in total. The van der Waals surface area contributed by atoms with Gasteiger partial charge < -0.3 is 25.8 Å². The van der Waals surface area contributed by atoms with Gasteiger partial charge in [-0.1, -0.05) is 67.5 Å². The van der Waals surface area contributed by atoms with Gasteiger partial charge >= 0.3 is 0 Å². The van der Waals surface area contributed by atoms with E-state index in [1.807, 2.05) is 50.2 Å². The quantitative estimate of drug-likeness (QED) is 0.177. The van der Waals surface area contributed by atoms with E-state index in [9.17, 15) is 15.0 Å². The average Bonchev–Trinajstić information content (AvgIpc) is 3.34. The van der Waals surface area contributed by atoms with Crippen molar-refractivity contribution in [3.05, 3.63) is 83.0 Å². The summed E-state index contributed by atoms with van der Waals surface area (Å²) in [6.07, 6.45) is 0. The fourth-order valence-electron chi connectivity index (χ4n) is 3.47. The van der Waals surface area contributed by atoms with Crippen molar-refractivity contribution in [3.8, 4) is 0 Å². The molecule has 10 nitrogen and oxygen atoms in total. The van der Waals surface area contributed by atoms with Gasteiger partial charge in [-0.15, -0.1) is 0 Å². The van der Waals surface area contributed by atoms with Gasteiger partial charge in [0, 0.05) is 29.2 Å². The topological polar surface area (TPSA) is 161 Å². The second kappa shape index (κ2) is 11.4.